The van der Waals surface area contributed by atoms with E-state index >= 15 is 0 Å². The summed E-state index contributed by atoms with van der Waals surface area (Å²) in [7, 11) is 0. The molecule has 0 atom stereocenters. The first kappa shape index (κ1) is 9.22. The second-order valence-corrected chi connectivity index (χ2v) is 3.18. The topological polar surface area (TPSA) is 66.9 Å². The first-order valence-electron chi connectivity index (χ1n) is 4.45. The summed E-state index contributed by atoms with van der Waals surface area (Å²) in [6, 6.07) is 12.5. The van der Waals surface area contributed by atoms with Crippen molar-refractivity contribution in [1.82, 2.24) is 0 Å². The standard InChI is InChI=1S/C12H8N2O/c13-7-8-3-1-5-10-9(8)4-2-6-11(10)12(14)15/h1-6H,(H2,14,15). The smallest absolute Gasteiger partial charge is 0.249 e. The highest BCUT2D eigenvalue weighted by Crippen LogP contribution is 2.21. The Kier molecular flexibility index (Phi) is 2.11. The van der Waals surface area contributed by atoms with E-state index in [0.717, 1.165) is 10.8 Å². The lowest BCUT2D eigenvalue weighted by atomic mass is 10.0. The third-order valence-electron chi connectivity index (χ3n) is 2.31. The second-order valence-electron chi connectivity index (χ2n) is 3.18. The van der Waals surface area contributed by atoms with Crippen LogP contribution in [0.5, 0.6) is 0 Å². The predicted octanol–water partition coefficient (Wildman–Crippen LogP) is 1.81. The van der Waals surface area contributed by atoms with E-state index in [1.54, 1.807) is 36.4 Å². The molecule has 3 heteroatoms. The fraction of sp³-hybridized carbons (Fsp3) is 0. The van der Waals surface area contributed by atoms with Crippen molar-refractivity contribution >= 4 is 16.7 Å². The Labute approximate surface area is 86.7 Å². The average Bonchev–Trinajstić information content (AvgIpc) is 2.27. The molecule has 0 heterocycles. The Balaban J connectivity index is 2.90. The lowest BCUT2D eigenvalue weighted by Crippen LogP contribution is -2.11. The van der Waals surface area contributed by atoms with Crippen LogP contribution < -0.4 is 5.73 Å². The fourth-order valence-corrected chi connectivity index (χ4v) is 1.62. The van der Waals surface area contributed by atoms with E-state index in [2.05, 4.69) is 6.07 Å². The molecule has 0 bridgehead atoms. The van der Waals surface area contributed by atoms with Crippen LogP contribution in [0.15, 0.2) is 36.4 Å². The molecule has 0 aliphatic carbocycles. The number of hydrogen-bond donors (Lipinski definition) is 1. The number of fused-ring (bicyclic) bond motifs is 1. The molecule has 2 aromatic carbocycles. The SMILES string of the molecule is N#Cc1cccc2c(C(N)=O)cccc12. The molecule has 0 fully saturated rings. The van der Waals surface area contributed by atoms with Crippen molar-refractivity contribution in [3.8, 4) is 6.07 Å². The van der Waals surface area contributed by atoms with Crippen LogP contribution in [-0.2, 0) is 0 Å². The molecule has 72 valence electrons. The first-order chi connectivity index (χ1) is 7.24. The lowest BCUT2D eigenvalue weighted by molar-refractivity contribution is 0.100. The number of carbonyl (C=O) groups excluding carboxylic acids is 1. The molecule has 2 aromatic rings. The minimum absolute atomic E-state index is 0.449. The minimum Gasteiger partial charge on any atom is -0.366 e. The second kappa shape index (κ2) is 3.43. The van der Waals surface area contributed by atoms with Crippen LogP contribution in [-0.4, -0.2) is 5.91 Å². The normalized spacial score (nSPS) is 9.80. The number of nitrogens with zero attached hydrogens (tertiary/aromatic N) is 1. The summed E-state index contributed by atoms with van der Waals surface area (Å²) in [5.41, 5.74) is 6.25. The van der Waals surface area contributed by atoms with Crippen LogP contribution in [0, 0.1) is 11.3 Å². The van der Waals surface area contributed by atoms with Gasteiger partial charge in [-0.1, -0.05) is 24.3 Å². The van der Waals surface area contributed by atoms with Crippen molar-refractivity contribution < 1.29 is 4.79 Å². The van der Waals surface area contributed by atoms with Gasteiger partial charge >= 0.3 is 0 Å². The molecule has 1 amide bonds. The summed E-state index contributed by atoms with van der Waals surface area (Å²) in [5.74, 6) is -0.476. The zero-order chi connectivity index (χ0) is 10.8. The van der Waals surface area contributed by atoms with Crippen LogP contribution in [0.2, 0.25) is 0 Å². The Hall–Kier alpha value is -2.34. The number of benzene rings is 2. The summed E-state index contributed by atoms with van der Waals surface area (Å²) in [5, 5.41) is 10.4. The van der Waals surface area contributed by atoms with Crippen molar-refractivity contribution in [2.24, 2.45) is 5.73 Å². The molecule has 2 rings (SSSR count). The van der Waals surface area contributed by atoms with Gasteiger partial charge in [-0.15, -0.1) is 0 Å². The number of rotatable bonds is 1. The van der Waals surface area contributed by atoms with Crippen molar-refractivity contribution in [3.63, 3.8) is 0 Å². The van der Waals surface area contributed by atoms with Gasteiger partial charge in [0.1, 0.15) is 0 Å². The maximum Gasteiger partial charge on any atom is 0.249 e. The highest BCUT2D eigenvalue weighted by Gasteiger charge is 2.07. The van der Waals surface area contributed by atoms with Gasteiger partial charge in [0.15, 0.2) is 0 Å². The molecule has 3 nitrogen and oxygen atoms in total. The quantitative estimate of drug-likeness (QED) is 0.755. The van der Waals surface area contributed by atoms with Crippen LogP contribution in [0.1, 0.15) is 15.9 Å². The van der Waals surface area contributed by atoms with Crippen LogP contribution in [0.3, 0.4) is 0 Å². The van der Waals surface area contributed by atoms with E-state index in [0.29, 0.717) is 11.1 Å². The van der Waals surface area contributed by atoms with Crippen molar-refractivity contribution in [1.29, 1.82) is 5.26 Å². The number of nitrogens with two attached hydrogens (primary N) is 1. The van der Waals surface area contributed by atoms with Crippen LogP contribution in [0.4, 0.5) is 0 Å². The van der Waals surface area contributed by atoms with Crippen molar-refractivity contribution in [2.75, 3.05) is 0 Å². The monoisotopic (exact) mass is 196 g/mol. The summed E-state index contributed by atoms with van der Waals surface area (Å²) in [6.07, 6.45) is 0. The molecule has 0 spiro atoms. The highest BCUT2D eigenvalue weighted by atomic mass is 16.1. The van der Waals surface area contributed by atoms with E-state index in [1.165, 1.54) is 0 Å². The van der Waals surface area contributed by atoms with Crippen molar-refractivity contribution in [3.05, 3.63) is 47.5 Å². The summed E-state index contributed by atoms with van der Waals surface area (Å²) in [4.78, 5) is 11.2. The maximum atomic E-state index is 11.2. The number of primary amides is 1. The Morgan fingerprint density at radius 2 is 1.80 bits per heavy atom. The lowest BCUT2D eigenvalue weighted by Gasteiger charge is -2.03. The third-order valence-corrected chi connectivity index (χ3v) is 2.31. The van der Waals surface area contributed by atoms with E-state index in [1.807, 2.05) is 0 Å². The Bertz CT molecular complexity index is 582. The van der Waals surface area contributed by atoms with E-state index in [4.69, 9.17) is 11.0 Å². The summed E-state index contributed by atoms with van der Waals surface area (Å²) >= 11 is 0. The van der Waals surface area contributed by atoms with Gasteiger partial charge in [0.05, 0.1) is 11.6 Å². The molecular weight excluding hydrogens is 188 g/mol. The Morgan fingerprint density at radius 1 is 1.13 bits per heavy atom. The number of nitriles is 1. The molecule has 15 heavy (non-hydrogen) atoms. The van der Waals surface area contributed by atoms with Crippen molar-refractivity contribution in [2.45, 2.75) is 0 Å². The molecule has 0 radical (unpaired) electrons. The van der Waals surface area contributed by atoms with Gasteiger partial charge in [0.2, 0.25) is 5.91 Å². The van der Waals surface area contributed by atoms with Gasteiger partial charge in [-0.05, 0) is 17.5 Å². The predicted molar refractivity (Wildman–Crippen MR) is 57.2 cm³/mol. The molecule has 0 saturated carbocycles. The molecule has 0 aliphatic heterocycles. The van der Waals surface area contributed by atoms with Gasteiger partial charge in [-0.25, -0.2) is 0 Å². The summed E-state index contributed by atoms with van der Waals surface area (Å²) in [6.45, 7) is 0. The maximum absolute atomic E-state index is 11.2. The van der Waals surface area contributed by atoms with Gasteiger partial charge < -0.3 is 5.73 Å². The zero-order valence-electron chi connectivity index (χ0n) is 7.90. The van der Waals surface area contributed by atoms with Gasteiger partial charge in [0, 0.05) is 10.9 Å². The van der Waals surface area contributed by atoms with Crippen LogP contribution >= 0.6 is 0 Å². The van der Waals surface area contributed by atoms with E-state index < -0.39 is 5.91 Å². The van der Waals surface area contributed by atoms with Gasteiger partial charge in [-0.2, -0.15) is 5.26 Å². The molecule has 2 N–H and O–H groups in total. The molecular formula is C12H8N2O. The number of amides is 1. The number of carbonyl (C=O) groups is 1. The van der Waals surface area contributed by atoms with Gasteiger partial charge in [-0.3, -0.25) is 4.79 Å². The largest absolute Gasteiger partial charge is 0.366 e. The van der Waals surface area contributed by atoms with Crippen LogP contribution in [0.25, 0.3) is 10.8 Å². The molecule has 0 saturated heterocycles. The van der Waals surface area contributed by atoms with E-state index in [9.17, 15) is 4.79 Å². The molecule has 0 unspecified atom stereocenters. The summed E-state index contributed by atoms with van der Waals surface area (Å²) < 4.78 is 0. The Morgan fingerprint density at radius 3 is 2.47 bits per heavy atom. The zero-order valence-corrected chi connectivity index (χ0v) is 7.90. The minimum atomic E-state index is -0.476. The molecule has 0 aromatic heterocycles. The first-order valence-corrected chi connectivity index (χ1v) is 4.45. The third kappa shape index (κ3) is 1.42. The molecule has 0 aliphatic rings. The highest BCUT2D eigenvalue weighted by molar-refractivity contribution is 6.07. The van der Waals surface area contributed by atoms with Gasteiger partial charge in [0.25, 0.3) is 0 Å². The number of hydrogen-bond acceptors (Lipinski definition) is 2. The fourth-order valence-electron chi connectivity index (χ4n) is 1.62. The average molecular weight is 196 g/mol. The van der Waals surface area contributed by atoms with E-state index in [-0.39, 0.29) is 0 Å².